The summed E-state index contributed by atoms with van der Waals surface area (Å²) < 4.78 is 0. The van der Waals surface area contributed by atoms with Gasteiger partial charge in [-0.1, -0.05) is 0 Å². The summed E-state index contributed by atoms with van der Waals surface area (Å²) in [6, 6.07) is 1.50. The molecule has 1 aliphatic rings. The number of amides is 1. The fourth-order valence-corrected chi connectivity index (χ4v) is 1.88. The zero-order valence-corrected chi connectivity index (χ0v) is 9.81. The van der Waals surface area contributed by atoms with Gasteiger partial charge in [-0.05, 0) is 12.8 Å². The normalized spacial score (nSPS) is 14.6. The highest BCUT2D eigenvalue weighted by atomic mass is 35.5. The Bertz CT molecular complexity index is 442. The summed E-state index contributed by atoms with van der Waals surface area (Å²) in [7, 11) is 0. The summed E-state index contributed by atoms with van der Waals surface area (Å²) in [5.41, 5.74) is 0.142. The molecule has 1 N–H and O–H groups in total. The van der Waals surface area contributed by atoms with Crippen LogP contribution in [0.15, 0.2) is 12.3 Å². The molecule has 0 atom stereocenters. The number of nitrogens with zero attached hydrogens (tertiary/aromatic N) is 2. The second-order valence-electron chi connectivity index (χ2n) is 3.95. The lowest BCUT2D eigenvalue weighted by molar-refractivity contribution is -0.384. The topological polar surface area (TPSA) is 79.2 Å². The van der Waals surface area contributed by atoms with Gasteiger partial charge < -0.3 is 9.88 Å². The number of carbonyl (C=O) groups excluding carboxylic acids is 1. The van der Waals surface area contributed by atoms with Gasteiger partial charge in [-0.15, -0.1) is 11.6 Å². The molecule has 0 aromatic carbocycles. The fraction of sp³-hybridized carbons (Fsp3) is 0.500. The van der Waals surface area contributed by atoms with Crippen molar-refractivity contribution >= 4 is 23.2 Å². The van der Waals surface area contributed by atoms with Crippen LogP contribution in [0.3, 0.4) is 0 Å². The van der Waals surface area contributed by atoms with E-state index >= 15 is 0 Å². The molecule has 17 heavy (non-hydrogen) atoms. The van der Waals surface area contributed by atoms with Crippen LogP contribution in [-0.4, -0.2) is 39.2 Å². The van der Waals surface area contributed by atoms with E-state index in [1.165, 1.54) is 12.3 Å². The van der Waals surface area contributed by atoms with Gasteiger partial charge in [0.15, 0.2) is 0 Å². The number of nitro groups is 1. The van der Waals surface area contributed by atoms with E-state index in [4.69, 9.17) is 11.6 Å². The van der Waals surface area contributed by atoms with Crippen molar-refractivity contribution in [2.24, 2.45) is 0 Å². The predicted octanol–water partition coefficient (Wildman–Crippen LogP) is 1.77. The van der Waals surface area contributed by atoms with E-state index < -0.39 is 4.92 Å². The summed E-state index contributed by atoms with van der Waals surface area (Å²) in [6.07, 6.45) is 3.18. The molecule has 1 amide bonds. The number of carbonyl (C=O) groups is 1. The highest BCUT2D eigenvalue weighted by Gasteiger charge is 2.33. The standard InChI is InChI=1S/C10H12ClN3O3/c11-3-4-13(7-1-2-7)10(15)9-5-8(6-12-9)14(16)17/h5-7,12H,1-4H2. The summed E-state index contributed by atoms with van der Waals surface area (Å²) in [4.78, 5) is 26.4. The van der Waals surface area contributed by atoms with Gasteiger partial charge in [-0.3, -0.25) is 14.9 Å². The van der Waals surface area contributed by atoms with E-state index in [1.807, 2.05) is 0 Å². The van der Waals surface area contributed by atoms with Crippen LogP contribution in [0.2, 0.25) is 0 Å². The molecule has 1 aromatic rings. The molecule has 0 bridgehead atoms. The Morgan fingerprint density at radius 3 is 2.82 bits per heavy atom. The van der Waals surface area contributed by atoms with Crippen LogP contribution in [-0.2, 0) is 0 Å². The molecule has 0 unspecified atom stereocenters. The first kappa shape index (κ1) is 11.9. The van der Waals surface area contributed by atoms with Gasteiger partial charge in [0.1, 0.15) is 5.69 Å². The van der Waals surface area contributed by atoms with Crippen LogP contribution in [0.5, 0.6) is 0 Å². The summed E-state index contributed by atoms with van der Waals surface area (Å²) in [6.45, 7) is 0.470. The van der Waals surface area contributed by atoms with Gasteiger partial charge in [0, 0.05) is 24.5 Å². The zero-order chi connectivity index (χ0) is 12.4. The van der Waals surface area contributed by atoms with Crippen LogP contribution in [0.1, 0.15) is 23.3 Å². The van der Waals surface area contributed by atoms with E-state index in [0.717, 1.165) is 12.8 Å². The molecule has 0 aliphatic heterocycles. The largest absolute Gasteiger partial charge is 0.351 e. The molecule has 6 nitrogen and oxygen atoms in total. The first-order valence-electron chi connectivity index (χ1n) is 5.33. The summed E-state index contributed by atoms with van der Waals surface area (Å²) in [5.74, 6) is 0.145. The molecular weight excluding hydrogens is 246 g/mol. The average Bonchev–Trinajstić information content (AvgIpc) is 3.00. The van der Waals surface area contributed by atoms with Crippen LogP contribution in [0, 0.1) is 10.1 Å². The average molecular weight is 258 g/mol. The first-order chi connectivity index (χ1) is 8.13. The highest BCUT2D eigenvalue weighted by molar-refractivity contribution is 6.18. The third-order valence-corrected chi connectivity index (χ3v) is 2.85. The summed E-state index contributed by atoms with van der Waals surface area (Å²) >= 11 is 5.64. The number of halogens is 1. The second kappa shape index (κ2) is 4.75. The fourth-order valence-electron chi connectivity index (χ4n) is 1.69. The molecule has 1 fully saturated rings. The number of alkyl halides is 1. The van der Waals surface area contributed by atoms with Crippen LogP contribution in [0.4, 0.5) is 5.69 Å². The Morgan fingerprint density at radius 2 is 2.35 bits per heavy atom. The molecule has 0 spiro atoms. The highest BCUT2D eigenvalue weighted by Crippen LogP contribution is 2.28. The Labute approximate surface area is 103 Å². The van der Waals surface area contributed by atoms with Crippen molar-refractivity contribution < 1.29 is 9.72 Å². The summed E-state index contributed by atoms with van der Waals surface area (Å²) in [5, 5.41) is 10.5. The lowest BCUT2D eigenvalue weighted by atomic mass is 10.3. The van der Waals surface area contributed by atoms with E-state index in [9.17, 15) is 14.9 Å². The van der Waals surface area contributed by atoms with Crippen LogP contribution in [0.25, 0.3) is 0 Å². The minimum absolute atomic E-state index is 0.102. The molecule has 7 heteroatoms. The molecule has 1 heterocycles. The minimum Gasteiger partial charge on any atom is -0.351 e. The van der Waals surface area contributed by atoms with Crippen molar-refractivity contribution in [3.8, 4) is 0 Å². The zero-order valence-electron chi connectivity index (χ0n) is 9.06. The molecule has 2 rings (SSSR count). The minimum atomic E-state index is -0.531. The SMILES string of the molecule is O=C(c1cc([N+](=O)[O-])c[nH]1)N(CCCl)C1CC1. The van der Waals surface area contributed by atoms with E-state index in [1.54, 1.807) is 4.90 Å². The number of rotatable bonds is 5. The van der Waals surface area contributed by atoms with Crippen molar-refractivity contribution in [2.45, 2.75) is 18.9 Å². The Morgan fingerprint density at radius 1 is 1.65 bits per heavy atom. The lowest BCUT2D eigenvalue weighted by Gasteiger charge is -2.20. The molecular formula is C10H12ClN3O3. The number of nitrogens with one attached hydrogen (secondary N) is 1. The number of hydrogen-bond acceptors (Lipinski definition) is 3. The smallest absolute Gasteiger partial charge is 0.287 e. The van der Waals surface area contributed by atoms with Gasteiger partial charge in [0.2, 0.25) is 0 Å². The molecule has 1 aromatic heterocycles. The van der Waals surface area contributed by atoms with E-state index in [-0.39, 0.29) is 23.3 Å². The van der Waals surface area contributed by atoms with Gasteiger partial charge >= 0.3 is 0 Å². The number of aromatic amines is 1. The Balaban J connectivity index is 2.13. The molecule has 92 valence electrons. The molecule has 1 saturated carbocycles. The van der Waals surface area contributed by atoms with Crippen molar-refractivity contribution in [1.29, 1.82) is 0 Å². The monoisotopic (exact) mass is 257 g/mol. The van der Waals surface area contributed by atoms with Crippen molar-refractivity contribution in [2.75, 3.05) is 12.4 Å². The quantitative estimate of drug-likeness (QED) is 0.496. The van der Waals surface area contributed by atoms with Crippen LogP contribution < -0.4 is 0 Å². The second-order valence-corrected chi connectivity index (χ2v) is 4.33. The van der Waals surface area contributed by atoms with Gasteiger partial charge in [-0.25, -0.2) is 0 Å². The maximum Gasteiger partial charge on any atom is 0.287 e. The number of aromatic nitrogens is 1. The predicted molar refractivity (Wildman–Crippen MR) is 62.2 cm³/mol. The molecule has 1 aliphatic carbocycles. The van der Waals surface area contributed by atoms with Gasteiger partial charge in [0.25, 0.3) is 11.6 Å². The number of hydrogen-bond donors (Lipinski definition) is 1. The van der Waals surface area contributed by atoms with E-state index in [0.29, 0.717) is 12.4 Å². The maximum absolute atomic E-state index is 12.1. The van der Waals surface area contributed by atoms with Crippen molar-refractivity contribution in [1.82, 2.24) is 9.88 Å². The first-order valence-corrected chi connectivity index (χ1v) is 5.86. The van der Waals surface area contributed by atoms with Crippen molar-refractivity contribution in [3.05, 3.63) is 28.1 Å². The lowest BCUT2D eigenvalue weighted by Crippen LogP contribution is -2.34. The maximum atomic E-state index is 12.1. The van der Waals surface area contributed by atoms with Crippen molar-refractivity contribution in [3.63, 3.8) is 0 Å². The number of H-pyrrole nitrogens is 1. The third kappa shape index (κ3) is 2.58. The van der Waals surface area contributed by atoms with Gasteiger partial charge in [-0.2, -0.15) is 0 Å². The molecule has 0 radical (unpaired) electrons. The van der Waals surface area contributed by atoms with Gasteiger partial charge in [0.05, 0.1) is 11.1 Å². The Kier molecular flexibility index (Phi) is 3.33. The van der Waals surface area contributed by atoms with E-state index in [2.05, 4.69) is 4.98 Å². The Hall–Kier alpha value is -1.56. The third-order valence-electron chi connectivity index (χ3n) is 2.68. The van der Waals surface area contributed by atoms with Crippen LogP contribution >= 0.6 is 11.6 Å². The molecule has 0 saturated heterocycles.